The van der Waals surface area contributed by atoms with Crippen LogP contribution in [0.5, 0.6) is 0 Å². The molecule has 5 heteroatoms. The molecule has 0 bridgehead atoms. The summed E-state index contributed by atoms with van der Waals surface area (Å²) in [7, 11) is 0. The zero-order chi connectivity index (χ0) is 18.9. The second kappa shape index (κ2) is 6.89. The Morgan fingerprint density at radius 2 is 1.96 bits per heavy atom. The molecule has 3 aromatic rings. The Hall–Kier alpha value is -2.71. The van der Waals surface area contributed by atoms with Crippen LogP contribution < -0.4 is 5.32 Å². The van der Waals surface area contributed by atoms with E-state index in [1.54, 1.807) is 29.5 Å². The molecule has 0 aliphatic rings. The van der Waals surface area contributed by atoms with Gasteiger partial charge in [0.2, 0.25) is 0 Å². The number of aromatic nitrogens is 1. The van der Waals surface area contributed by atoms with Crippen molar-refractivity contribution in [2.24, 2.45) is 5.41 Å². The van der Waals surface area contributed by atoms with Crippen LogP contribution in [-0.4, -0.2) is 10.9 Å². The molecule has 0 aliphatic heterocycles. The number of halogens is 1. The van der Waals surface area contributed by atoms with Gasteiger partial charge in [-0.3, -0.25) is 4.79 Å². The fraction of sp³-hybridized carbons (Fsp3) is 0.238. The molecule has 26 heavy (non-hydrogen) atoms. The second-order valence-electron chi connectivity index (χ2n) is 7.06. The maximum absolute atomic E-state index is 14.3. The summed E-state index contributed by atoms with van der Waals surface area (Å²) < 4.78 is 15.4. The molecule has 132 valence electrons. The zero-order valence-electron chi connectivity index (χ0n) is 15.1. The lowest BCUT2D eigenvalue weighted by atomic mass is 9.97. The van der Waals surface area contributed by atoms with Crippen LogP contribution in [-0.2, 0) is 0 Å². The number of fused-ring (bicyclic) bond motifs is 1. The van der Waals surface area contributed by atoms with Crippen LogP contribution in [0.15, 0.2) is 36.4 Å². The zero-order valence-corrected chi connectivity index (χ0v) is 15.9. The van der Waals surface area contributed by atoms with Gasteiger partial charge in [-0.2, -0.15) is 0 Å². The summed E-state index contributed by atoms with van der Waals surface area (Å²) in [4.78, 5) is 16.8. The predicted octanol–water partition coefficient (Wildman–Crippen LogP) is 5.39. The summed E-state index contributed by atoms with van der Waals surface area (Å²) in [5.41, 5.74) is 1.77. The molecule has 0 aliphatic carbocycles. The minimum Gasteiger partial charge on any atom is -0.322 e. The van der Waals surface area contributed by atoms with E-state index in [4.69, 9.17) is 0 Å². The molecule has 1 N–H and O–H groups in total. The van der Waals surface area contributed by atoms with E-state index >= 15 is 0 Å². The fourth-order valence-corrected chi connectivity index (χ4v) is 3.16. The van der Waals surface area contributed by atoms with Crippen molar-refractivity contribution < 1.29 is 9.18 Å². The Bertz CT molecular complexity index is 1050. The quantitative estimate of drug-likeness (QED) is 0.618. The number of nitrogens with zero attached hydrogens (tertiary/aromatic N) is 1. The van der Waals surface area contributed by atoms with E-state index < -0.39 is 11.7 Å². The minimum absolute atomic E-state index is 0.0131. The highest BCUT2D eigenvalue weighted by Gasteiger charge is 2.13. The lowest BCUT2D eigenvalue weighted by Crippen LogP contribution is -2.13. The molecule has 1 amide bonds. The molecule has 0 saturated heterocycles. The minimum atomic E-state index is -0.589. The maximum atomic E-state index is 14.3. The van der Waals surface area contributed by atoms with Crippen LogP contribution in [0.25, 0.3) is 10.2 Å². The number of amides is 1. The van der Waals surface area contributed by atoms with Gasteiger partial charge in [0.1, 0.15) is 5.82 Å². The molecule has 0 unspecified atom stereocenters. The molecule has 2 aromatic carbocycles. The number of rotatable bonds is 2. The largest absolute Gasteiger partial charge is 0.322 e. The van der Waals surface area contributed by atoms with Gasteiger partial charge in [0, 0.05) is 16.7 Å². The van der Waals surface area contributed by atoms with Gasteiger partial charge in [0.15, 0.2) is 0 Å². The Kier molecular flexibility index (Phi) is 4.80. The highest BCUT2D eigenvalue weighted by Crippen LogP contribution is 2.25. The van der Waals surface area contributed by atoms with Crippen LogP contribution in [0.3, 0.4) is 0 Å². The molecule has 1 aromatic heterocycles. The van der Waals surface area contributed by atoms with Crippen LogP contribution in [0.4, 0.5) is 10.1 Å². The van der Waals surface area contributed by atoms with Gasteiger partial charge in [0.05, 0.1) is 20.8 Å². The van der Waals surface area contributed by atoms with Gasteiger partial charge >= 0.3 is 0 Å². The van der Waals surface area contributed by atoms with Gasteiger partial charge < -0.3 is 5.32 Å². The molecular weight excluding hydrogens is 347 g/mol. The Balaban J connectivity index is 1.81. The number of nitrogens with one attached hydrogen (secondary N) is 1. The number of carbonyl (C=O) groups is 1. The van der Waals surface area contributed by atoms with Gasteiger partial charge in [-0.25, -0.2) is 9.37 Å². The van der Waals surface area contributed by atoms with Crippen LogP contribution in [0.2, 0.25) is 0 Å². The lowest BCUT2D eigenvalue weighted by Gasteiger charge is -2.08. The van der Waals surface area contributed by atoms with E-state index in [0.29, 0.717) is 11.3 Å². The van der Waals surface area contributed by atoms with Crippen molar-refractivity contribution in [3.63, 3.8) is 0 Å². The predicted molar refractivity (Wildman–Crippen MR) is 105 cm³/mol. The Labute approximate surface area is 156 Å². The molecule has 1 heterocycles. The third-order valence-electron chi connectivity index (χ3n) is 3.55. The van der Waals surface area contributed by atoms with Crippen molar-refractivity contribution in [3.8, 4) is 11.8 Å². The van der Waals surface area contributed by atoms with E-state index in [9.17, 15) is 9.18 Å². The smallest absolute Gasteiger partial charge is 0.258 e. The van der Waals surface area contributed by atoms with Crippen molar-refractivity contribution in [2.45, 2.75) is 27.7 Å². The van der Waals surface area contributed by atoms with Crippen LogP contribution in [0.1, 0.15) is 41.7 Å². The third kappa shape index (κ3) is 4.27. The summed E-state index contributed by atoms with van der Waals surface area (Å²) in [6.45, 7) is 7.89. The SMILES string of the molecule is Cc1nc2cc(NC(=O)c3ccc(C#CC(C)(C)C)cc3F)ccc2s1. The fourth-order valence-electron chi connectivity index (χ4n) is 2.36. The molecule has 3 rings (SSSR count). The molecule has 0 radical (unpaired) electrons. The van der Waals surface area contributed by atoms with Gasteiger partial charge in [-0.05, 0) is 64.1 Å². The van der Waals surface area contributed by atoms with E-state index in [1.807, 2.05) is 33.8 Å². The second-order valence-corrected chi connectivity index (χ2v) is 8.30. The normalized spacial score (nSPS) is 11.1. The molecule has 0 saturated carbocycles. The number of aryl methyl sites for hydroxylation is 1. The van der Waals surface area contributed by atoms with Gasteiger partial charge in [0.25, 0.3) is 5.91 Å². The first kappa shape index (κ1) is 18.1. The average Bonchev–Trinajstić information content (AvgIpc) is 2.91. The Morgan fingerprint density at radius 1 is 1.19 bits per heavy atom. The number of benzene rings is 2. The molecular formula is C21H19FN2OS. The summed E-state index contributed by atoms with van der Waals surface area (Å²) in [6.07, 6.45) is 0. The van der Waals surface area contributed by atoms with Crippen molar-refractivity contribution >= 4 is 33.1 Å². The van der Waals surface area contributed by atoms with E-state index in [1.165, 1.54) is 12.1 Å². The van der Waals surface area contributed by atoms with E-state index in [0.717, 1.165) is 15.2 Å². The van der Waals surface area contributed by atoms with Crippen molar-refractivity contribution in [1.29, 1.82) is 0 Å². The third-order valence-corrected chi connectivity index (χ3v) is 4.50. The highest BCUT2D eigenvalue weighted by atomic mass is 32.1. The molecule has 3 nitrogen and oxygen atoms in total. The van der Waals surface area contributed by atoms with Crippen molar-refractivity contribution in [2.75, 3.05) is 5.32 Å². The molecule has 0 fully saturated rings. The topological polar surface area (TPSA) is 42.0 Å². The number of carbonyl (C=O) groups excluding carboxylic acids is 1. The Morgan fingerprint density at radius 3 is 2.65 bits per heavy atom. The monoisotopic (exact) mass is 366 g/mol. The lowest BCUT2D eigenvalue weighted by molar-refractivity contribution is 0.102. The number of hydrogen-bond acceptors (Lipinski definition) is 3. The standard InChI is InChI=1S/C21H19FN2OS/c1-13-23-18-12-15(6-8-19(18)26-13)24-20(25)16-7-5-14(11-17(16)22)9-10-21(2,3)4/h5-8,11-12H,1-4H3,(H,24,25). The summed E-state index contributed by atoms with van der Waals surface area (Å²) in [5, 5.41) is 3.69. The number of anilines is 1. The number of hydrogen-bond donors (Lipinski definition) is 1. The van der Waals surface area contributed by atoms with Crippen molar-refractivity contribution in [1.82, 2.24) is 4.98 Å². The first-order valence-corrected chi connectivity index (χ1v) is 9.04. The number of thiazole rings is 1. The average molecular weight is 366 g/mol. The summed E-state index contributed by atoms with van der Waals surface area (Å²) >= 11 is 1.59. The summed E-state index contributed by atoms with van der Waals surface area (Å²) in [5.74, 6) is 4.90. The van der Waals surface area contributed by atoms with Crippen LogP contribution >= 0.6 is 11.3 Å². The van der Waals surface area contributed by atoms with Crippen molar-refractivity contribution in [3.05, 3.63) is 58.3 Å². The first-order valence-electron chi connectivity index (χ1n) is 8.22. The summed E-state index contributed by atoms with van der Waals surface area (Å²) in [6, 6.07) is 9.89. The maximum Gasteiger partial charge on any atom is 0.258 e. The highest BCUT2D eigenvalue weighted by molar-refractivity contribution is 7.18. The van der Waals surface area contributed by atoms with E-state index in [2.05, 4.69) is 22.1 Å². The first-order chi connectivity index (χ1) is 12.2. The molecule has 0 atom stereocenters. The van der Waals surface area contributed by atoms with Gasteiger partial charge in [-0.1, -0.05) is 11.8 Å². The van der Waals surface area contributed by atoms with Crippen LogP contribution in [0, 0.1) is 30.0 Å². The molecule has 0 spiro atoms. The van der Waals surface area contributed by atoms with E-state index in [-0.39, 0.29) is 11.0 Å². The van der Waals surface area contributed by atoms with Gasteiger partial charge in [-0.15, -0.1) is 11.3 Å².